The van der Waals surface area contributed by atoms with E-state index < -0.39 is 0 Å². The second-order valence-electron chi connectivity index (χ2n) is 7.01. The van der Waals surface area contributed by atoms with E-state index in [1.807, 2.05) is 0 Å². The van der Waals surface area contributed by atoms with Crippen LogP contribution >= 0.6 is 24.0 Å². The summed E-state index contributed by atoms with van der Waals surface area (Å²) in [6, 6.07) is 10.7. The summed E-state index contributed by atoms with van der Waals surface area (Å²) in [5, 5.41) is 6.85. The van der Waals surface area contributed by atoms with Crippen LogP contribution in [-0.4, -0.2) is 63.8 Å². The number of methoxy groups -OCH3 is 1. The molecule has 1 aromatic carbocycles. The summed E-state index contributed by atoms with van der Waals surface area (Å²) in [6.07, 6.45) is 4.70. The zero-order chi connectivity index (χ0) is 18.5. The zero-order valence-corrected chi connectivity index (χ0v) is 19.3. The third kappa shape index (κ3) is 10.3. The number of aliphatic imine (C=N–C) groups is 1. The van der Waals surface area contributed by atoms with Crippen molar-refractivity contribution in [2.75, 3.05) is 53.0 Å². The molecule has 6 heteroatoms. The van der Waals surface area contributed by atoms with Crippen LogP contribution in [0, 0.1) is 5.92 Å². The molecule has 1 aliphatic heterocycles. The smallest absolute Gasteiger partial charge is 0.191 e. The lowest BCUT2D eigenvalue weighted by Crippen LogP contribution is -2.39. The van der Waals surface area contributed by atoms with Gasteiger partial charge in [0.1, 0.15) is 0 Å². The van der Waals surface area contributed by atoms with Gasteiger partial charge in [0.2, 0.25) is 0 Å². The largest absolute Gasteiger partial charge is 0.383 e. The molecule has 0 bridgehead atoms. The highest BCUT2D eigenvalue weighted by atomic mass is 127. The Hall–Kier alpha value is -0.860. The van der Waals surface area contributed by atoms with Gasteiger partial charge in [0, 0.05) is 33.3 Å². The van der Waals surface area contributed by atoms with E-state index in [0.29, 0.717) is 5.92 Å². The Morgan fingerprint density at radius 3 is 2.59 bits per heavy atom. The highest BCUT2D eigenvalue weighted by Crippen LogP contribution is 2.17. The van der Waals surface area contributed by atoms with Crippen LogP contribution in [0.3, 0.4) is 0 Å². The van der Waals surface area contributed by atoms with Gasteiger partial charge < -0.3 is 20.3 Å². The molecule has 0 radical (unpaired) electrons. The number of rotatable bonds is 10. The molecule has 1 fully saturated rings. The van der Waals surface area contributed by atoms with Crippen LogP contribution < -0.4 is 10.6 Å². The molecule has 5 nitrogen and oxygen atoms in total. The van der Waals surface area contributed by atoms with E-state index in [0.717, 1.165) is 51.6 Å². The molecule has 1 heterocycles. The third-order valence-corrected chi connectivity index (χ3v) is 4.95. The molecule has 0 aromatic heterocycles. The van der Waals surface area contributed by atoms with Crippen molar-refractivity contribution in [1.82, 2.24) is 15.5 Å². The van der Waals surface area contributed by atoms with Crippen molar-refractivity contribution in [2.24, 2.45) is 10.9 Å². The fourth-order valence-corrected chi connectivity index (χ4v) is 3.32. The average Bonchev–Trinajstić information content (AvgIpc) is 2.69. The Bertz CT molecular complexity index is 504. The number of nitrogens with zero attached hydrogens (tertiary/aromatic N) is 2. The molecule has 0 atom stereocenters. The minimum absolute atomic E-state index is 0. The molecule has 1 aliphatic rings. The first-order valence-electron chi connectivity index (χ1n) is 10.1. The SMILES string of the molecule is CCNC(=NCC1CCN(CCOC)CC1)NCCCc1ccccc1.I. The Balaban J connectivity index is 0.00000364. The number of benzene rings is 1. The van der Waals surface area contributed by atoms with Gasteiger partial charge in [-0.05, 0) is 57.2 Å². The lowest BCUT2D eigenvalue weighted by atomic mass is 9.97. The first-order valence-corrected chi connectivity index (χ1v) is 10.1. The van der Waals surface area contributed by atoms with Crippen LogP contribution in [0.25, 0.3) is 0 Å². The number of halogens is 1. The number of aryl methyl sites for hydroxylation is 1. The zero-order valence-electron chi connectivity index (χ0n) is 17.0. The molecule has 0 spiro atoms. The number of ether oxygens (including phenoxy) is 1. The van der Waals surface area contributed by atoms with Gasteiger partial charge in [0.05, 0.1) is 6.61 Å². The summed E-state index contributed by atoms with van der Waals surface area (Å²) in [5.41, 5.74) is 1.40. The molecule has 2 N–H and O–H groups in total. The van der Waals surface area contributed by atoms with Gasteiger partial charge in [0.25, 0.3) is 0 Å². The van der Waals surface area contributed by atoms with Crippen molar-refractivity contribution in [1.29, 1.82) is 0 Å². The fraction of sp³-hybridized carbons (Fsp3) is 0.667. The number of hydrogen-bond donors (Lipinski definition) is 2. The molecular formula is C21H37IN4O. The molecule has 2 rings (SSSR count). The molecule has 0 unspecified atom stereocenters. The van der Waals surface area contributed by atoms with Gasteiger partial charge in [-0.15, -0.1) is 24.0 Å². The van der Waals surface area contributed by atoms with Crippen molar-refractivity contribution in [2.45, 2.75) is 32.6 Å². The molecule has 1 saturated heterocycles. The van der Waals surface area contributed by atoms with Gasteiger partial charge >= 0.3 is 0 Å². The lowest BCUT2D eigenvalue weighted by molar-refractivity contribution is 0.121. The Morgan fingerprint density at radius 1 is 1.19 bits per heavy atom. The third-order valence-electron chi connectivity index (χ3n) is 4.95. The normalized spacial score (nSPS) is 16.0. The summed E-state index contributed by atoms with van der Waals surface area (Å²) >= 11 is 0. The summed E-state index contributed by atoms with van der Waals surface area (Å²) in [6.45, 7) is 9.13. The maximum Gasteiger partial charge on any atom is 0.191 e. The van der Waals surface area contributed by atoms with Crippen LogP contribution in [-0.2, 0) is 11.2 Å². The molecular weight excluding hydrogens is 451 g/mol. The minimum Gasteiger partial charge on any atom is -0.383 e. The Kier molecular flexibility index (Phi) is 13.5. The van der Waals surface area contributed by atoms with E-state index in [9.17, 15) is 0 Å². The maximum absolute atomic E-state index is 5.17. The maximum atomic E-state index is 5.17. The molecule has 27 heavy (non-hydrogen) atoms. The molecule has 1 aromatic rings. The summed E-state index contributed by atoms with van der Waals surface area (Å²) < 4.78 is 5.17. The van der Waals surface area contributed by atoms with Gasteiger partial charge in [-0.3, -0.25) is 4.99 Å². The lowest BCUT2D eigenvalue weighted by Gasteiger charge is -2.31. The van der Waals surface area contributed by atoms with Crippen molar-refractivity contribution in [3.63, 3.8) is 0 Å². The summed E-state index contributed by atoms with van der Waals surface area (Å²) in [7, 11) is 1.77. The molecule has 0 saturated carbocycles. The van der Waals surface area contributed by atoms with E-state index in [2.05, 4.69) is 52.8 Å². The number of nitrogens with one attached hydrogen (secondary N) is 2. The van der Waals surface area contributed by atoms with Crippen LogP contribution in [0.1, 0.15) is 31.7 Å². The van der Waals surface area contributed by atoms with E-state index in [1.54, 1.807) is 7.11 Å². The van der Waals surface area contributed by atoms with Gasteiger partial charge in [0.15, 0.2) is 5.96 Å². The minimum atomic E-state index is 0. The Morgan fingerprint density at radius 2 is 1.93 bits per heavy atom. The standard InChI is InChI=1S/C21H36N4O.HI/c1-3-22-21(23-13-7-10-19-8-5-4-6-9-19)24-18-20-11-14-25(15-12-20)16-17-26-2;/h4-6,8-9,20H,3,7,10-18H2,1-2H3,(H2,22,23,24);1H. The van der Waals surface area contributed by atoms with E-state index in [1.165, 1.54) is 31.5 Å². The molecule has 0 amide bonds. The van der Waals surface area contributed by atoms with Crippen LogP contribution in [0.4, 0.5) is 0 Å². The monoisotopic (exact) mass is 488 g/mol. The highest BCUT2D eigenvalue weighted by molar-refractivity contribution is 14.0. The first-order chi connectivity index (χ1) is 12.8. The second kappa shape index (κ2) is 15.1. The number of piperidine rings is 1. The van der Waals surface area contributed by atoms with E-state index in [-0.39, 0.29) is 24.0 Å². The quantitative estimate of drug-likeness (QED) is 0.230. The van der Waals surface area contributed by atoms with Crippen molar-refractivity contribution >= 4 is 29.9 Å². The van der Waals surface area contributed by atoms with Gasteiger partial charge in [-0.1, -0.05) is 30.3 Å². The average molecular weight is 488 g/mol. The van der Waals surface area contributed by atoms with E-state index in [4.69, 9.17) is 9.73 Å². The first kappa shape index (κ1) is 24.2. The predicted molar refractivity (Wildman–Crippen MR) is 125 cm³/mol. The van der Waals surface area contributed by atoms with E-state index >= 15 is 0 Å². The van der Waals surface area contributed by atoms with Crippen molar-refractivity contribution in [3.05, 3.63) is 35.9 Å². The number of likely N-dealkylation sites (tertiary alicyclic amines) is 1. The highest BCUT2D eigenvalue weighted by Gasteiger charge is 2.18. The van der Waals surface area contributed by atoms with Gasteiger partial charge in [-0.25, -0.2) is 0 Å². The van der Waals surface area contributed by atoms with Crippen LogP contribution in [0.5, 0.6) is 0 Å². The predicted octanol–water partition coefficient (Wildman–Crippen LogP) is 3.15. The summed E-state index contributed by atoms with van der Waals surface area (Å²) in [5.74, 6) is 1.66. The Labute approximate surface area is 182 Å². The number of guanidine groups is 1. The molecule has 154 valence electrons. The van der Waals surface area contributed by atoms with Crippen LogP contribution in [0.15, 0.2) is 35.3 Å². The topological polar surface area (TPSA) is 48.9 Å². The van der Waals surface area contributed by atoms with Gasteiger partial charge in [-0.2, -0.15) is 0 Å². The van der Waals surface area contributed by atoms with Crippen molar-refractivity contribution < 1.29 is 4.74 Å². The van der Waals surface area contributed by atoms with Crippen LogP contribution in [0.2, 0.25) is 0 Å². The fourth-order valence-electron chi connectivity index (χ4n) is 3.32. The molecule has 0 aliphatic carbocycles. The summed E-state index contributed by atoms with van der Waals surface area (Å²) in [4.78, 5) is 7.32. The number of hydrogen-bond acceptors (Lipinski definition) is 3. The second-order valence-corrected chi connectivity index (χ2v) is 7.01. The van der Waals surface area contributed by atoms with Crippen molar-refractivity contribution in [3.8, 4) is 0 Å².